The molecule has 2 rings (SSSR count). The van der Waals surface area contributed by atoms with Gasteiger partial charge in [-0.1, -0.05) is 0 Å². The van der Waals surface area contributed by atoms with E-state index in [0.717, 1.165) is 22.6 Å². The van der Waals surface area contributed by atoms with Gasteiger partial charge in [0.2, 0.25) is 0 Å². The average molecular weight is 246 g/mol. The summed E-state index contributed by atoms with van der Waals surface area (Å²) in [7, 11) is 2.94. The van der Waals surface area contributed by atoms with Crippen molar-refractivity contribution >= 4 is 6.09 Å². The monoisotopic (exact) mass is 246 g/mol. The highest BCUT2D eigenvalue weighted by Gasteiger charge is 2.12. The lowest BCUT2D eigenvalue weighted by atomic mass is 10.1. The molecular weight excluding hydrogens is 232 g/mol. The molecule has 0 saturated carbocycles. The van der Waals surface area contributed by atoms with Gasteiger partial charge < -0.3 is 9.47 Å². The minimum Gasteiger partial charge on any atom is -0.497 e. The number of carbonyl (C=O) groups excluding carboxylic acids is 1. The van der Waals surface area contributed by atoms with Gasteiger partial charge in [-0.15, -0.1) is 0 Å². The third-order valence-electron chi connectivity index (χ3n) is 2.62. The zero-order chi connectivity index (χ0) is 13.1. The summed E-state index contributed by atoms with van der Waals surface area (Å²) in [5.41, 5.74) is 2.59. The Morgan fingerprint density at radius 3 is 2.44 bits per heavy atom. The second-order valence-corrected chi connectivity index (χ2v) is 3.80. The molecule has 5 heteroatoms. The van der Waals surface area contributed by atoms with Crippen LogP contribution in [0, 0.1) is 6.92 Å². The summed E-state index contributed by atoms with van der Waals surface area (Å²) < 4.78 is 10.9. The van der Waals surface area contributed by atoms with Gasteiger partial charge in [0.25, 0.3) is 0 Å². The summed E-state index contributed by atoms with van der Waals surface area (Å²) in [5, 5.41) is 4.21. The van der Waals surface area contributed by atoms with Gasteiger partial charge >= 0.3 is 6.09 Å². The van der Waals surface area contributed by atoms with E-state index >= 15 is 0 Å². The SMILES string of the molecule is COC(=O)n1cc(C)c(-c2ccc(OC)cc2)n1. The molecule has 0 spiro atoms. The summed E-state index contributed by atoms with van der Waals surface area (Å²) in [6, 6.07) is 7.50. The van der Waals surface area contributed by atoms with Gasteiger partial charge in [-0.2, -0.15) is 9.78 Å². The van der Waals surface area contributed by atoms with Crippen LogP contribution >= 0.6 is 0 Å². The topological polar surface area (TPSA) is 53.4 Å². The van der Waals surface area contributed by atoms with Crippen molar-refractivity contribution in [2.24, 2.45) is 0 Å². The Labute approximate surface area is 105 Å². The molecule has 0 fully saturated rings. The highest BCUT2D eigenvalue weighted by molar-refractivity contribution is 5.72. The Balaban J connectivity index is 2.37. The Bertz CT molecular complexity index is 558. The smallest absolute Gasteiger partial charge is 0.434 e. The molecule has 1 heterocycles. The van der Waals surface area contributed by atoms with Crippen molar-refractivity contribution in [1.29, 1.82) is 0 Å². The van der Waals surface area contributed by atoms with Crippen LogP contribution in [0.2, 0.25) is 0 Å². The highest BCUT2D eigenvalue weighted by atomic mass is 16.5. The minimum absolute atomic E-state index is 0.502. The van der Waals surface area contributed by atoms with Crippen molar-refractivity contribution in [1.82, 2.24) is 9.78 Å². The molecule has 0 amide bonds. The highest BCUT2D eigenvalue weighted by Crippen LogP contribution is 2.23. The zero-order valence-corrected chi connectivity index (χ0v) is 10.5. The Hall–Kier alpha value is -2.30. The van der Waals surface area contributed by atoms with Gasteiger partial charge in [0, 0.05) is 11.8 Å². The molecular formula is C13H14N2O3. The lowest BCUT2D eigenvalue weighted by molar-refractivity contribution is 0.169. The Kier molecular flexibility index (Phi) is 3.32. The minimum atomic E-state index is -0.502. The van der Waals surface area contributed by atoms with Crippen LogP contribution in [0.1, 0.15) is 5.56 Å². The summed E-state index contributed by atoms with van der Waals surface area (Å²) in [5.74, 6) is 0.781. The number of carbonyl (C=O) groups is 1. The largest absolute Gasteiger partial charge is 0.497 e. The number of aryl methyl sites for hydroxylation is 1. The van der Waals surface area contributed by atoms with Crippen molar-refractivity contribution in [3.63, 3.8) is 0 Å². The molecule has 0 radical (unpaired) electrons. The molecule has 0 aliphatic heterocycles. The van der Waals surface area contributed by atoms with Crippen molar-refractivity contribution in [3.8, 4) is 17.0 Å². The predicted octanol–water partition coefficient (Wildman–Crippen LogP) is 2.48. The van der Waals surface area contributed by atoms with E-state index in [2.05, 4.69) is 9.84 Å². The standard InChI is InChI=1S/C13H14N2O3/c1-9-8-15(13(16)18-3)14-12(9)10-4-6-11(17-2)7-5-10/h4-8H,1-3H3. The van der Waals surface area contributed by atoms with Crippen LogP contribution in [0.25, 0.3) is 11.3 Å². The first-order chi connectivity index (χ1) is 8.65. The number of hydrogen-bond donors (Lipinski definition) is 0. The molecule has 0 unspecified atom stereocenters. The van der Waals surface area contributed by atoms with Crippen LogP contribution in [0.4, 0.5) is 4.79 Å². The maximum Gasteiger partial charge on any atom is 0.434 e. The first-order valence-corrected chi connectivity index (χ1v) is 5.44. The molecule has 1 aromatic heterocycles. The zero-order valence-electron chi connectivity index (χ0n) is 10.5. The summed E-state index contributed by atoms with van der Waals surface area (Å²) in [6.07, 6.45) is 1.14. The lowest BCUT2D eigenvalue weighted by Crippen LogP contribution is -2.11. The van der Waals surface area contributed by atoms with Crippen molar-refractivity contribution in [3.05, 3.63) is 36.0 Å². The quantitative estimate of drug-likeness (QED) is 0.816. The number of ether oxygens (including phenoxy) is 2. The van der Waals surface area contributed by atoms with E-state index < -0.39 is 6.09 Å². The van der Waals surface area contributed by atoms with Gasteiger partial charge in [0.1, 0.15) is 5.75 Å². The van der Waals surface area contributed by atoms with Crippen LogP contribution < -0.4 is 4.74 Å². The average Bonchev–Trinajstić information content (AvgIpc) is 2.80. The molecule has 0 atom stereocenters. The van der Waals surface area contributed by atoms with E-state index in [-0.39, 0.29) is 0 Å². The Morgan fingerprint density at radius 2 is 1.89 bits per heavy atom. The number of benzene rings is 1. The number of hydrogen-bond acceptors (Lipinski definition) is 4. The van der Waals surface area contributed by atoms with Crippen LogP contribution in [0.3, 0.4) is 0 Å². The fourth-order valence-corrected chi connectivity index (χ4v) is 1.68. The first kappa shape index (κ1) is 12.2. The van der Waals surface area contributed by atoms with Crippen LogP contribution in [-0.2, 0) is 4.74 Å². The van der Waals surface area contributed by atoms with Gasteiger partial charge in [0.15, 0.2) is 0 Å². The van der Waals surface area contributed by atoms with E-state index in [1.807, 2.05) is 31.2 Å². The molecule has 0 bridgehead atoms. The lowest BCUT2D eigenvalue weighted by Gasteiger charge is -2.01. The maximum atomic E-state index is 11.4. The van der Waals surface area contributed by atoms with Gasteiger partial charge in [-0.3, -0.25) is 0 Å². The van der Waals surface area contributed by atoms with Gasteiger partial charge in [0.05, 0.1) is 19.9 Å². The van der Waals surface area contributed by atoms with Crippen LogP contribution in [-0.4, -0.2) is 30.1 Å². The number of nitrogens with zero attached hydrogens (tertiary/aromatic N) is 2. The predicted molar refractivity (Wildman–Crippen MR) is 66.8 cm³/mol. The molecule has 18 heavy (non-hydrogen) atoms. The van der Waals surface area contributed by atoms with Gasteiger partial charge in [-0.05, 0) is 36.8 Å². The molecule has 2 aromatic rings. The third kappa shape index (κ3) is 2.20. The Morgan fingerprint density at radius 1 is 1.22 bits per heavy atom. The maximum absolute atomic E-state index is 11.4. The first-order valence-electron chi connectivity index (χ1n) is 5.44. The number of rotatable bonds is 2. The van der Waals surface area contributed by atoms with Crippen molar-refractivity contribution in [2.75, 3.05) is 14.2 Å². The second kappa shape index (κ2) is 4.91. The van der Waals surface area contributed by atoms with E-state index in [4.69, 9.17) is 4.74 Å². The molecule has 0 N–H and O–H groups in total. The molecule has 1 aromatic carbocycles. The summed E-state index contributed by atoms with van der Waals surface area (Å²) in [6.45, 7) is 1.89. The molecule has 0 aliphatic rings. The molecule has 0 saturated heterocycles. The van der Waals surface area contributed by atoms with Crippen LogP contribution in [0.5, 0.6) is 5.75 Å². The molecule has 94 valence electrons. The van der Waals surface area contributed by atoms with Gasteiger partial charge in [-0.25, -0.2) is 4.79 Å². The number of methoxy groups -OCH3 is 2. The summed E-state index contributed by atoms with van der Waals surface area (Å²) >= 11 is 0. The molecule has 5 nitrogen and oxygen atoms in total. The van der Waals surface area contributed by atoms with E-state index in [1.165, 1.54) is 11.8 Å². The summed E-state index contributed by atoms with van der Waals surface area (Å²) in [4.78, 5) is 11.4. The fraction of sp³-hybridized carbons (Fsp3) is 0.231. The van der Waals surface area contributed by atoms with Crippen molar-refractivity contribution < 1.29 is 14.3 Å². The van der Waals surface area contributed by atoms with Crippen LogP contribution in [0.15, 0.2) is 30.5 Å². The normalized spacial score (nSPS) is 10.2. The van der Waals surface area contributed by atoms with E-state index in [1.54, 1.807) is 13.3 Å². The van der Waals surface area contributed by atoms with Crippen molar-refractivity contribution in [2.45, 2.75) is 6.92 Å². The van der Waals surface area contributed by atoms with E-state index in [0.29, 0.717) is 0 Å². The second-order valence-electron chi connectivity index (χ2n) is 3.80. The van der Waals surface area contributed by atoms with E-state index in [9.17, 15) is 4.79 Å². The third-order valence-corrected chi connectivity index (χ3v) is 2.62. The number of aromatic nitrogens is 2. The molecule has 0 aliphatic carbocycles. The fourth-order valence-electron chi connectivity index (χ4n) is 1.68.